The summed E-state index contributed by atoms with van der Waals surface area (Å²) in [5.74, 6) is 4.13. The number of nitrogens with one attached hydrogen (secondary N) is 1. The molecule has 1 aliphatic heterocycles. The molecule has 2 N–H and O–H groups in total. The number of aliphatic imine (C=N–C) groups is 1. The maximum Gasteiger partial charge on any atom is 0.194 e. The Labute approximate surface area is 200 Å². The lowest BCUT2D eigenvalue weighted by molar-refractivity contribution is 0.369. The maximum absolute atomic E-state index is 10.1. The lowest BCUT2D eigenvalue weighted by atomic mass is 10.2. The second-order valence-electron chi connectivity index (χ2n) is 7.10. The van der Waals surface area contributed by atoms with Gasteiger partial charge in [-0.25, -0.2) is 4.99 Å². The minimum atomic E-state index is 0. The average molecular weight is 545 g/mol. The van der Waals surface area contributed by atoms with Gasteiger partial charge in [-0.15, -0.1) is 34.2 Å². The predicted molar refractivity (Wildman–Crippen MR) is 135 cm³/mol. The number of anilines is 1. The van der Waals surface area contributed by atoms with E-state index in [1.807, 2.05) is 48.5 Å². The zero-order valence-corrected chi connectivity index (χ0v) is 21.1. The van der Waals surface area contributed by atoms with E-state index in [0.29, 0.717) is 12.3 Å². The summed E-state index contributed by atoms with van der Waals surface area (Å²) >= 11 is 1.86. The fourth-order valence-electron chi connectivity index (χ4n) is 3.31. The van der Waals surface area contributed by atoms with Gasteiger partial charge in [0.1, 0.15) is 18.1 Å². The molecular formula is C20H32IN7OS. The Hall–Kier alpha value is -1.69. The normalized spacial score (nSPS) is 14.6. The first kappa shape index (κ1) is 24.6. The number of hydrogen-bond acceptors (Lipinski definition) is 6. The molecule has 2 aromatic rings. The highest BCUT2D eigenvalue weighted by Gasteiger charge is 2.21. The van der Waals surface area contributed by atoms with Gasteiger partial charge in [0.2, 0.25) is 0 Å². The highest BCUT2D eigenvalue weighted by atomic mass is 127. The van der Waals surface area contributed by atoms with E-state index in [9.17, 15) is 5.11 Å². The van der Waals surface area contributed by atoms with Crippen LogP contribution in [0.25, 0.3) is 0 Å². The molecule has 0 spiro atoms. The highest BCUT2D eigenvalue weighted by Crippen LogP contribution is 2.27. The number of aromatic hydroxyl groups is 1. The van der Waals surface area contributed by atoms with Crippen LogP contribution >= 0.6 is 35.7 Å². The number of aryl methyl sites for hydroxylation is 1. The van der Waals surface area contributed by atoms with Crippen molar-refractivity contribution >= 4 is 47.4 Å². The predicted octanol–water partition coefficient (Wildman–Crippen LogP) is 2.47. The van der Waals surface area contributed by atoms with Crippen molar-refractivity contribution in [1.82, 2.24) is 25.0 Å². The second-order valence-corrected chi connectivity index (χ2v) is 8.08. The van der Waals surface area contributed by atoms with E-state index in [0.717, 1.165) is 68.2 Å². The van der Waals surface area contributed by atoms with Gasteiger partial charge in [0.15, 0.2) is 11.8 Å². The molecule has 0 aliphatic carbocycles. The number of halogens is 1. The number of thioether (sulfide) groups is 1. The molecular weight excluding hydrogens is 513 g/mol. The lowest BCUT2D eigenvalue weighted by Crippen LogP contribution is -2.52. The number of para-hydroxylation sites is 2. The molecule has 0 bridgehead atoms. The molecule has 2 heterocycles. The average Bonchev–Trinajstić information content (AvgIpc) is 3.06. The molecule has 3 rings (SSSR count). The van der Waals surface area contributed by atoms with E-state index < -0.39 is 0 Å². The second kappa shape index (κ2) is 12.2. The molecule has 1 saturated heterocycles. The molecule has 166 valence electrons. The summed E-state index contributed by atoms with van der Waals surface area (Å²) in [6, 6.07) is 7.53. The van der Waals surface area contributed by atoms with Crippen LogP contribution < -0.4 is 10.2 Å². The minimum absolute atomic E-state index is 0. The third kappa shape index (κ3) is 6.40. The number of phenols is 1. The van der Waals surface area contributed by atoms with Gasteiger partial charge in [0.05, 0.1) is 5.69 Å². The number of benzene rings is 1. The SMILES string of the molecule is CSCCCNC(=NCc1nnc(C)n1C)N1CCN(c2ccccc2O)CC1.I. The Balaban J connectivity index is 0.00000320. The molecule has 8 nitrogen and oxygen atoms in total. The first-order valence-corrected chi connectivity index (χ1v) is 11.4. The van der Waals surface area contributed by atoms with Crippen LogP contribution in [0.15, 0.2) is 29.3 Å². The fraction of sp³-hybridized carbons (Fsp3) is 0.550. The molecule has 30 heavy (non-hydrogen) atoms. The first-order chi connectivity index (χ1) is 14.1. The number of hydrogen-bond donors (Lipinski definition) is 2. The van der Waals surface area contributed by atoms with Crippen molar-refractivity contribution in [3.05, 3.63) is 35.9 Å². The highest BCUT2D eigenvalue weighted by molar-refractivity contribution is 14.0. The van der Waals surface area contributed by atoms with Crippen LogP contribution in [0, 0.1) is 6.92 Å². The third-order valence-corrected chi connectivity index (χ3v) is 5.86. The van der Waals surface area contributed by atoms with Crippen molar-refractivity contribution in [2.75, 3.05) is 49.6 Å². The summed E-state index contributed by atoms with van der Waals surface area (Å²) in [5.41, 5.74) is 0.896. The van der Waals surface area contributed by atoms with E-state index in [1.54, 1.807) is 6.07 Å². The minimum Gasteiger partial charge on any atom is -0.506 e. The van der Waals surface area contributed by atoms with E-state index in [4.69, 9.17) is 4.99 Å². The van der Waals surface area contributed by atoms with Gasteiger partial charge in [-0.1, -0.05) is 12.1 Å². The monoisotopic (exact) mass is 545 g/mol. The maximum atomic E-state index is 10.1. The Kier molecular flexibility index (Phi) is 10.0. The topological polar surface area (TPSA) is 81.8 Å². The van der Waals surface area contributed by atoms with Crippen LogP contribution in [-0.4, -0.2) is 75.5 Å². The Morgan fingerprint density at radius 3 is 2.57 bits per heavy atom. The number of rotatable bonds is 7. The Morgan fingerprint density at radius 1 is 1.20 bits per heavy atom. The van der Waals surface area contributed by atoms with Gasteiger partial charge >= 0.3 is 0 Å². The van der Waals surface area contributed by atoms with Crippen molar-refractivity contribution in [2.45, 2.75) is 19.9 Å². The summed E-state index contributed by atoms with van der Waals surface area (Å²) in [6.07, 6.45) is 3.23. The van der Waals surface area contributed by atoms with Gasteiger partial charge in [-0.05, 0) is 37.5 Å². The lowest BCUT2D eigenvalue weighted by Gasteiger charge is -2.38. The van der Waals surface area contributed by atoms with Crippen LogP contribution in [0.2, 0.25) is 0 Å². The molecule has 0 atom stereocenters. The zero-order valence-electron chi connectivity index (χ0n) is 17.9. The van der Waals surface area contributed by atoms with Gasteiger partial charge in [-0.2, -0.15) is 11.8 Å². The van der Waals surface area contributed by atoms with Crippen molar-refractivity contribution < 1.29 is 5.11 Å². The first-order valence-electron chi connectivity index (χ1n) is 10.00. The molecule has 0 unspecified atom stereocenters. The summed E-state index contributed by atoms with van der Waals surface area (Å²) in [5, 5.41) is 22.0. The number of nitrogens with zero attached hydrogens (tertiary/aromatic N) is 6. The van der Waals surface area contributed by atoms with Crippen LogP contribution in [0.1, 0.15) is 18.1 Å². The van der Waals surface area contributed by atoms with Gasteiger partial charge in [0.25, 0.3) is 0 Å². The van der Waals surface area contributed by atoms with Crippen molar-refractivity contribution in [3.8, 4) is 5.75 Å². The standard InChI is InChI=1S/C20H31N7OS.HI/c1-16-23-24-19(25(16)2)15-22-20(21-9-6-14-29-3)27-12-10-26(11-13-27)17-7-4-5-8-18(17)28;/h4-5,7-8,28H,6,9-15H2,1-3H3,(H,21,22);1H. The van der Waals surface area contributed by atoms with E-state index >= 15 is 0 Å². The molecule has 0 saturated carbocycles. The number of piperazine rings is 1. The summed E-state index contributed by atoms with van der Waals surface area (Å²) in [4.78, 5) is 9.35. The molecule has 1 aromatic heterocycles. The smallest absolute Gasteiger partial charge is 0.194 e. The quantitative estimate of drug-likeness (QED) is 0.240. The van der Waals surface area contributed by atoms with E-state index in [2.05, 4.69) is 31.6 Å². The van der Waals surface area contributed by atoms with Gasteiger partial charge in [-0.3, -0.25) is 0 Å². The summed E-state index contributed by atoms with van der Waals surface area (Å²) < 4.78 is 1.98. The van der Waals surface area contributed by atoms with Crippen molar-refractivity contribution in [1.29, 1.82) is 0 Å². The van der Waals surface area contributed by atoms with Crippen LogP contribution in [0.5, 0.6) is 5.75 Å². The van der Waals surface area contributed by atoms with Crippen molar-refractivity contribution in [2.24, 2.45) is 12.0 Å². The van der Waals surface area contributed by atoms with Gasteiger partial charge < -0.3 is 24.8 Å². The Morgan fingerprint density at radius 2 is 1.93 bits per heavy atom. The zero-order chi connectivity index (χ0) is 20.6. The molecule has 1 aliphatic rings. The summed E-state index contributed by atoms with van der Waals surface area (Å²) in [6.45, 7) is 6.72. The fourth-order valence-corrected chi connectivity index (χ4v) is 3.74. The van der Waals surface area contributed by atoms with Crippen LogP contribution in [0.3, 0.4) is 0 Å². The summed E-state index contributed by atoms with van der Waals surface area (Å²) in [7, 11) is 1.97. The molecule has 1 fully saturated rings. The number of aromatic nitrogens is 3. The molecule has 1 aromatic carbocycles. The van der Waals surface area contributed by atoms with Crippen LogP contribution in [0.4, 0.5) is 5.69 Å². The third-order valence-electron chi connectivity index (χ3n) is 5.16. The van der Waals surface area contributed by atoms with Crippen molar-refractivity contribution in [3.63, 3.8) is 0 Å². The van der Waals surface area contributed by atoms with E-state index in [1.165, 1.54) is 0 Å². The number of guanidine groups is 1. The van der Waals surface area contributed by atoms with E-state index in [-0.39, 0.29) is 24.0 Å². The van der Waals surface area contributed by atoms with Crippen LogP contribution in [-0.2, 0) is 13.6 Å². The number of phenolic OH excluding ortho intramolecular Hbond substituents is 1. The Bertz CT molecular complexity index is 821. The molecule has 10 heteroatoms. The molecule has 0 amide bonds. The largest absolute Gasteiger partial charge is 0.506 e. The molecule has 0 radical (unpaired) electrons. The van der Waals surface area contributed by atoms with Gasteiger partial charge in [0, 0.05) is 39.8 Å².